The Hall–Kier alpha value is -6.92. The third-order valence-corrected chi connectivity index (χ3v) is 2.77. The Morgan fingerprint density at radius 3 is 0.868 bits per heavy atom. The van der Waals surface area contributed by atoms with Gasteiger partial charge in [-0.1, -0.05) is 0 Å². The van der Waals surface area contributed by atoms with Gasteiger partial charge < -0.3 is 10.2 Å². The minimum Gasteiger partial charge on any atom is -0.315 e. The monoisotopic (exact) mass is 556 g/mol. The maximum atomic E-state index is 10.4. The highest BCUT2D eigenvalue weighted by Gasteiger charge is 2.73. The summed E-state index contributed by atoms with van der Waals surface area (Å²) < 4.78 is 0. The van der Waals surface area contributed by atoms with Crippen molar-refractivity contribution in [1.82, 2.24) is 41.2 Å². The molecule has 0 radical (unpaired) electrons. The van der Waals surface area contributed by atoms with Gasteiger partial charge in [0.1, 0.15) is 0 Å². The van der Waals surface area contributed by atoms with Crippen LogP contribution in [0.1, 0.15) is 11.6 Å². The van der Waals surface area contributed by atoms with Gasteiger partial charge in [0.2, 0.25) is 0 Å². The lowest BCUT2D eigenvalue weighted by molar-refractivity contribution is -0.987. The number of nitrogens with two attached hydrogens (primary N) is 6. The van der Waals surface area contributed by atoms with Gasteiger partial charge in [0.15, 0.2) is 29.5 Å². The molecule has 38 heavy (non-hydrogen) atoms. The van der Waals surface area contributed by atoms with Crippen LogP contribution in [0.25, 0.3) is 0 Å². The number of hydrogen-bond acceptors (Lipinski definition) is 18. The number of nitrogens with zero attached hydrogens (tertiary/aromatic N) is 14. The van der Waals surface area contributed by atoms with Crippen molar-refractivity contribution in [3.05, 3.63) is 72.3 Å². The summed E-state index contributed by atoms with van der Waals surface area (Å²) in [5.41, 5.74) is 18.3. The van der Waals surface area contributed by atoms with Crippen LogP contribution in [0.4, 0.5) is 0 Å². The molecule has 2 aromatic heterocycles. The van der Waals surface area contributed by atoms with Crippen molar-refractivity contribution < 1.29 is 40.4 Å². The van der Waals surface area contributed by atoms with Crippen molar-refractivity contribution in [2.75, 3.05) is 0 Å². The van der Waals surface area contributed by atoms with E-state index < -0.39 is 52.8 Å². The van der Waals surface area contributed by atoms with Crippen LogP contribution in [-0.2, 0) is 11.6 Å². The van der Waals surface area contributed by atoms with Gasteiger partial charge in [-0.2, -0.15) is 10.4 Å². The molecule has 32 heteroatoms. The van der Waals surface area contributed by atoms with Gasteiger partial charge in [0.25, 0.3) is 11.6 Å². The van der Waals surface area contributed by atoms with Gasteiger partial charge in [0.05, 0.1) is 0 Å². The zero-order valence-corrected chi connectivity index (χ0v) is 17.6. The summed E-state index contributed by atoms with van der Waals surface area (Å²) in [6.45, 7) is 0. The second-order valence-electron chi connectivity index (χ2n) is 5.22. The van der Waals surface area contributed by atoms with E-state index >= 15 is 0 Å². The number of aromatic nitrogens is 8. The highest BCUT2D eigenvalue weighted by molar-refractivity contribution is 5.68. The van der Waals surface area contributed by atoms with Crippen LogP contribution in [0, 0.1) is 60.7 Å². The van der Waals surface area contributed by atoms with Crippen LogP contribution < -0.4 is 44.0 Å². The number of guanidine groups is 2. The van der Waals surface area contributed by atoms with E-state index in [1.54, 1.807) is 0 Å². The molecule has 0 amide bonds. The highest BCUT2D eigenvalue weighted by atomic mass is 16.7. The first kappa shape index (κ1) is 33.3. The molecule has 0 saturated heterocycles. The predicted molar refractivity (Wildman–Crippen MR) is 102 cm³/mol. The molecule has 0 fully saturated rings. The predicted octanol–water partition coefficient (Wildman–Crippen LogP) is -10.4. The molecule has 208 valence electrons. The third-order valence-electron chi connectivity index (χ3n) is 2.77. The third kappa shape index (κ3) is 7.56. The molecule has 0 saturated carbocycles. The molecule has 0 spiro atoms. The fourth-order valence-corrected chi connectivity index (χ4v) is 1.45. The summed E-state index contributed by atoms with van der Waals surface area (Å²) in [6, 6.07) is 0. The standard InChI is InChI=1S/2C2N7O6.2CH5N3/c2*10-7(11)2(8(12)13,9(14)15)1-3-5-6-4-1;2*2-1(3)4/h;;2*(H5,2,3,4)/q2*-1;;/p+2. The lowest BCUT2D eigenvalue weighted by Gasteiger charge is -2.07. The van der Waals surface area contributed by atoms with Crippen LogP contribution >= 0.6 is 0 Å². The minimum absolute atomic E-state index is 0.0833. The summed E-state index contributed by atoms with van der Waals surface area (Å²) in [5, 5.41) is 93.4. The molecule has 0 aliphatic heterocycles. The number of rotatable bonds is 8. The van der Waals surface area contributed by atoms with Gasteiger partial charge in [-0.15, -0.1) is 0 Å². The Labute approximate surface area is 201 Å². The second kappa shape index (κ2) is 13.7. The Morgan fingerprint density at radius 2 is 0.763 bits per heavy atom. The lowest BCUT2D eigenvalue weighted by atomic mass is 10.3. The van der Waals surface area contributed by atoms with Crippen molar-refractivity contribution in [3.8, 4) is 0 Å². The molecule has 0 bridgehead atoms. The molecule has 0 unspecified atom stereocenters. The van der Waals surface area contributed by atoms with Crippen molar-refractivity contribution in [1.29, 1.82) is 0 Å². The van der Waals surface area contributed by atoms with Crippen molar-refractivity contribution >= 4 is 11.9 Å². The molecule has 12 N–H and O–H groups in total. The first-order valence-electron chi connectivity index (χ1n) is 7.86. The molecule has 0 aliphatic carbocycles. The van der Waals surface area contributed by atoms with E-state index in [1.807, 2.05) is 0 Å². The fourth-order valence-electron chi connectivity index (χ4n) is 1.45. The molecule has 32 nitrogen and oxygen atoms in total. The number of tetrazole rings is 2. The molecular formula is C6H12N20O12. The smallest absolute Gasteiger partial charge is 0.315 e. The van der Waals surface area contributed by atoms with E-state index in [0.29, 0.717) is 0 Å². The zero-order valence-electron chi connectivity index (χ0n) is 17.6. The van der Waals surface area contributed by atoms with Crippen LogP contribution in [0.3, 0.4) is 0 Å². The first-order chi connectivity index (χ1) is 17.3. The largest absolute Gasteiger partial charge is 0.735 e. The van der Waals surface area contributed by atoms with Crippen molar-refractivity contribution in [3.63, 3.8) is 0 Å². The van der Waals surface area contributed by atoms with Crippen LogP contribution in [0.5, 0.6) is 0 Å². The molecular weight excluding hydrogens is 544 g/mol. The fraction of sp³-hybridized carbons (Fsp3) is 0.333. The van der Waals surface area contributed by atoms with Gasteiger partial charge in [-0.05, 0) is 0 Å². The lowest BCUT2D eigenvalue weighted by Crippen LogP contribution is -2.51. The van der Waals surface area contributed by atoms with E-state index in [-0.39, 0.29) is 11.9 Å². The van der Waals surface area contributed by atoms with Crippen LogP contribution in [0.15, 0.2) is 0 Å². The molecule has 0 aromatic carbocycles. The van der Waals surface area contributed by atoms with Gasteiger partial charge in [0, 0.05) is 0 Å². The van der Waals surface area contributed by atoms with Crippen LogP contribution in [0.2, 0.25) is 0 Å². The Bertz CT molecular complexity index is 999. The Balaban J connectivity index is 0. The zero-order chi connectivity index (χ0) is 30.4. The summed E-state index contributed by atoms with van der Waals surface area (Å²) in [5.74, 6) is -10.5. The van der Waals surface area contributed by atoms with E-state index in [2.05, 4.69) is 75.0 Å². The molecule has 2 rings (SSSR count). The average Bonchev–Trinajstić information content (AvgIpc) is 3.42. The summed E-state index contributed by atoms with van der Waals surface area (Å²) >= 11 is 0. The second-order valence-corrected chi connectivity index (χ2v) is 5.22. The number of hydrogen-bond donors (Lipinski definition) is 6. The maximum absolute atomic E-state index is 10.4. The summed E-state index contributed by atoms with van der Waals surface area (Å²) in [6.07, 6.45) is 0. The van der Waals surface area contributed by atoms with Crippen molar-refractivity contribution in [2.24, 2.45) is 22.9 Å². The summed E-state index contributed by atoms with van der Waals surface area (Å²) in [7, 11) is 0. The molecule has 0 atom stereocenters. The maximum Gasteiger partial charge on any atom is 0.735 e. The molecule has 2 aromatic rings. The van der Waals surface area contributed by atoms with Crippen LogP contribution in [-0.4, -0.2) is 72.5 Å². The van der Waals surface area contributed by atoms with Crippen molar-refractivity contribution in [2.45, 2.75) is 11.6 Å². The first-order valence-corrected chi connectivity index (χ1v) is 7.86. The SMILES string of the molecule is NC(N)=[NH2+].NC(N)=[NH2+].O=[N+]([O-])C(c1nnn[n-]1)([N+](=O)[O-])[N+](=O)[O-].O=[N+]([O-])C(c1nnn[n-]1)([N+](=O)[O-])[N+](=O)[O-]. The van der Waals surface area contributed by atoms with Gasteiger partial charge >= 0.3 is 23.5 Å². The Kier molecular flexibility index (Phi) is 12.0. The Morgan fingerprint density at radius 1 is 0.579 bits per heavy atom. The quantitative estimate of drug-likeness (QED) is 0.0577. The topological polar surface area (TPSA) is 520 Å². The minimum atomic E-state index is -3.86. The average molecular weight is 556 g/mol. The van der Waals surface area contributed by atoms with E-state index in [9.17, 15) is 60.7 Å². The van der Waals surface area contributed by atoms with Gasteiger partial charge in [-0.25, -0.2) is 0 Å². The molecule has 0 aliphatic rings. The van der Waals surface area contributed by atoms with E-state index in [4.69, 9.17) is 0 Å². The van der Waals surface area contributed by atoms with E-state index in [0.717, 1.165) is 0 Å². The van der Waals surface area contributed by atoms with E-state index in [1.165, 1.54) is 0 Å². The number of nitro groups is 6. The summed E-state index contributed by atoms with van der Waals surface area (Å²) in [4.78, 5) is 52.0. The van der Waals surface area contributed by atoms with Gasteiger partial charge in [-0.3, -0.25) is 115 Å². The molecule has 2 heterocycles. The highest BCUT2D eigenvalue weighted by Crippen LogP contribution is 2.22. The normalized spacial score (nSPS) is 9.89.